The van der Waals surface area contributed by atoms with E-state index >= 15 is 0 Å². The molecule has 0 unspecified atom stereocenters. The van der Waals surface area contributed by atoms with Crippen LogP contribution in [-0.4, -0.2) is 18.8 Å². The van der Waals surface area contributed by atoms with Gasteiger partial charge in [-0.25, -0.2) is 4.79 Å². The molecule has 0 spiro atoms. The highest BCUT2D eigenvalue weighted by atomic mass is 32.2. The van der Waals surface area contributed by atoms with E-state index in [1.165, 1.54) is 28.0 Å². The van der Waals surface area contributed by atoms with Crippen molar-refractivity contribution in [2.75, 3.05) is 18.2 Å². The number of hydrogen-bond donors (Lipinski definition) is 1. The number of anilines is 1. The van der Waals surface area contributed by atoms with Crippen molar-refractivity contribution in [1.82, 2.24) is 0 Å². The second kappa shape index (κ2) is 8.05. The van der Waals surface area contributed by atoms with E-state index in [9.17, 15) is 4.79 Å². The minimum absolute atomic E-state index is 0.0127. The quantitative estimate of drug-likeness (QED) is 0.643. The van der Waals surface area contributed by atoms with Gasteiger partial charge in [0.05, 0.1) is 12.2 Å². The molecule has 1 aliphatic carbocycles. The monoisotopic (exact) mass is 347 g/mol. The predicted molar refractivity (Wildman–Crippen MR) is 92.3 cm³/mol. The van der Waals surface area contributed by atoms with Gasteiger partial charge < -0.3 is 10.1 Å². The number of hydrogen-bond acceptors (Lipinski definition) is 7. The molecule has 0 aliphatic heterocycles. The molecule has 0 saturated carbocycles. The molecule has 0 bridgehead atoms. The number of carbonyl (C=O) groups is 1. The van der Waals surface area contributed by atoms with Gasteiger partial charge in [-0.05, 0) is 44.4 Å². The highest BCUT2D eigenvalue weighted by Gasteiger charge is 2.27. The summed E-state index contributed by atoms with van der Waals surface area (Å²) in [5.74, 6) is -0.342. The summed E-state index contributed by atoms with van der Waals surface area (Å²) >= 11 is 2.80. The van der Waals surface area contributed by atoms with Crippen LogP contribution < -0.4 is 5.32 Å². The Hall–Kier alpha value is -1.96. The van der Waals surface area contributed by atoms with Gasteiger partial charge in [0.2, 0.25) is 0 Å². The van der Waals surface area contributed by atoms with Crippen LogP contribution in [0.4, 0.5) is 5.00 Å². The van der Waals surface area contributed by atoms with Crippen molar-refractivity contribution >= 4 is 34.1 Å². The Morgan fingerprint density at radius 2 is 2.04 bits per heavy atom. The Morgan fingerprint density at radius 3 is 2.65 bits per heavy atom. The molecular formula is C16H17N3O2S2. The van der Waals surface area contributed by atoms with Crippen molar-refractivity contribution in [2.45, 2.75) is 32.6 Å². The van der Waals surface area contributed by atoms with Crippen LogP contribution in [0.15, 0.2) is 10.6 Å². The molecule has 0 saturated heterocycles. The molecule has 1 aromatic heterocycles. The molecule has 0 radical (unpaired) electrons. The number of rotatable bonds is 5. The van der Waals surface area contributed by atoms with Gasteiger partial charge in [-0.1, -0.05) is 0 Å². The van der Waals surface area contributed by atoms with E-state index in [1.807, 2.05) is 12.1 Å². The lowest BCUT2D eigenvalue weighted by atomic mass is 9.95. The number of thiophene rings is 1. The number of nitrogens with one attached hydrogen (secondary N) is 1. The minimum atomic E-state index is -0.342. The maximum absolute atomic E-state index is 12.4. The molecule has 0 aromatic carbocycles. The highest BCUT2D eigenvalue weighted by Crippen LogP contribution is 2.40. The molecule has 1 aliphatic rings. The number of esters is 1. The zero-order valence-corrected chi connectivity index (χ0v) is 14.7. The van der Waals surface area contributed by atoms with E-state index in [-0.39, 0.29) is 11.5 Å². The van der Waals surface area contributed by atoms with Crippen molar-refractivity contribution in [1.29, 1.82) is 10.5 Å². The maximum Gasteiger partial charge on any atom is 0.341 e. The van der Waals surface area contributed by atoms with Gasteiger partial charge in [0.15, 0.2) is 5.57 Å². The first-order chi connectivity index (χ1) is 11.2. The van der Waals surface area contributed by atoms with Crippen LogP contribution in [0.1, 0.15) is 40.6 Å². The van der Waals surface area contributed by atoms with Gasteiger partial charge in [0, 0.05) is 4.88 Å². The van der Waals surface area contributed by atoms with Gasteiger partial charge in [0.1, 0.15) is 22.2 Å². The summed E-state index contributed by atoms with van der Waals surface area (Å²) in [5.41, 5.74) is 1.63. The number of allylic oxidation sites excluding steroid dienone is 1. The van der Waals surface area contributed by atoms with Gasteiger partial charge in [-0.2, -0.15) is 10.5 Å². The molecule has 7 heteroatoms. The Bertz CT molecular complexity index is 707. The van der Waals surface area contributed by atoms with Crippen molar-refractivity contribution in [3.05, 3.63) is 26.6 Å². The van der Waals surface area contributed by atoms with Crippen LogP contribution in [0.25, 0.3) is 0 Å². The lowest BCUT2D eigenvalue weighted by Gasteiger charge is -2.12. The van der Waals surface area contributed by atoms with Gasteiger partial charge in [-0.3, -0.25) is 0 Å². The smallest absolute Gasteiger partial charge is 0.341 e. The zero-order valence-electron chi connectivity index (χ0n) is 13.1. The van der Waals surface area contributed by atoms with Crippen molar-refractivity contribution in [2.24, 2.45) is 0 Å². The SMILES string of the molecule is CCOC(=O)c1c(NC(SC)=C(C#N)C#N)sc2c1CCCC2. The molecule has 23 heavy (non-hydrogen) atoms. The van der Waals surface area contributed by atoms with Crippen molar-refractivity contribution in [3.63, 3.8) is 0 Å². The summed E-state index contributed by atoms with van der Waals surface area (Å²) < 4.78 is 5.20. The molecule has 2 rings (SSSR count). The second-order valence-electron chi connectivity index (χ2n) is 4.89. The minimum Gasteiger partial charge on any atom is -0.462 e. The van der Waals surface area contributed by atoms with Crippen LogP contribution in [0.5, 0.6) is 0 Å². The molecule has 0 atom stereocenters. The van der Waals surface area contributed by atoms with E-state index in [0.717, 1.165) is 31.2 Å². The number of ether oxygens (including phenoxy) is 1. The molecule has 120 valence electrons. The molecule has 5 nitrogen and oxygen atoms in total. The Balaban J connectivity index is 2.48. The predicted octanol–water partition coefficient (Wildman–Crippen LogP) is 3.84. The number of nitriles is 2. The number of nitrogens with zero attached hydrogens (tertiary/aromatic N) is 2. The third-order valence-corrected chi connectivity index (χ3v) is 5.45. The average molecular weight is 347 g/mol. The number of carbonyl (C=O) groups excluding carboxylic acids is 1. The van der Waals surface area contributed by atoms with E-state index in [2.05, 4.69) is 5.32 Å². The summed E-state index contributed by atoms with van der Waals surface area (Å²) in [7, 11) is 0. The van der Waals surface area contributed by atoms with Crippen LogP contribution in [0, 0.1) is 22.7 Å². The lowest BCUT2D eigenvalue weighted by molar-refractivity contribution is 0.0526. The third kappa shape index (κ3) is 3.69. The summed E-state index contributed by atoms with van der Waals surface area (Å²) in [6.07, 6.45) is 5.78. The summed E-state index contributed by atoms with van der Waals surface area (Å²) in [5, 5.41) is 22.4. The molecule has 0 fully saturated rings. The number of aryl methyl sites for hydroxylation is 1. The maximum atomic E-state index is 12.4. The molecular weight excluding hydrogens is 330 g/mol. The first-order valence-electron chi connectivity index (χ1n) is 7.33. The van der Waals surface area contributed by atoms with Crippen molar-refractivity contribution in [3.8, 4) is 12.1 Å². The average Bonchev–Trinajstić information content (AvgIpc) is 2.93. The second-order valence-corrected chi connectivity index (χ2v) is 6.81. The third-order valence-electron chi connectivity index (χ3n) is 3.53. The lowest BCUT2D eigenvalue weighted by Crippen LogP contribution is -2.11. The number of fused-ring (bicyclic) bond motifs is 1. The van der Waals surface area contributed by atoms with E-state index in [4.69, 9.17) is 15.3 Å². The van der Waals surface area contributed by atoms with E-state index in [1.54, 1.807) is 13.2 Å². The molecule has 1 N–H and O–H groups in total. The Kier molecular flexibility index (Phi) is 6.09. The van der Waals surface area contributed by atoms with Crippen LogP contribution in [0.3, 0.4) is 0 Å². The summed E-state index contributed by atoms with van der Waals surface area (Å²) in [6.45, 7) is 2.09. The molecule has 1 aromatic rings. The Morgan fingerprint density at radius 1 is 1.35 bits per heavy atom. The van der Waals surface area contributed by atoms with Crippen LogP contribution >= 0.6 is 23.1 Å². The van der Waals surface area contributed by atoms with Gasteiger partial charge >= 0.3 is 5.97 Å². The topological polar surface area (TPSA) is 85.9 Å². The normalized spacial score (nSPS) is 12.5. The Labute approximate surface area is 143 Å². The van der Waals surface area contributed by atoms with Crippen LogP contribution in [-0.2, 0) is 17.6 Å². The van der Waals surface area contributed by atoms with E-state index in [0.29, 0.717) is 22.2 Å². The first kappa shape index (κ1) is 17.4. The largest absolute Gasteiger partial charge is 0.462 e. The fourth-order valence-corrected chi connectivity index (χ4v) is 4.36. The molecule has 1 heterocycles. The standard InChI is InChI=1S/C16H17N3O2S2/c1-3-21-16(20)13-11-6-4-5-7-12(11)23-15(13)19-14(22-2)10(8-17)9-18/h19H,3-7H2,1-2H3. The van der Waals surface area contributed by atoms with E-state index < -0.39 is 0 Å². The summed E-state index contributed by atoms with van der Waals surface area (Å²) in [4.78, 5) is 13.6. The molecule has 0 amide bonds. The first-order valence-corrected chi connectivity index (χ1v) is 9.37. The summed E-state index contributed by atoms with van der Waals surface area (Å²) in [6, 6.07) is 3.76. The fraction of sp³-hybridized carbons (Fsp3) is 0.438. The van der Waals surface area contributed by atoms with Crippen LogP contribution in [0.2, 0.25) is 0 Å². The zero-order chi connectivity index (χ0) is 16.8. The van der Waals surface area contributed by atoms with Gasteiger partial charge in [0.25, 0.3) is 0 Å². The number of thioether (sulfide) groups is 1. The van der Waals surface area contributed by atoms with Gasteiger partial charge in [-0.15, -0.1) is 23.1 Å². The fourth-order valence-electron chi connectivity index (χ4n) is 2.52. The van der Waals surface area contributed by atoms with Crippen molar-refractivity contribution < 1.29 is 9.53 Å². The highest BCUT2D eigenvalue weighted by molar-refractivity contribution is 8.02.